The summed E-state index contributed by atoms with van der Waals surface area (Å²) in [6, 6.07) is 3.97. The molecule has 0 aliphatic heterocycles. The van der Waals surface area contributed by atoms with Gasteiger partial charge in [-0.1, -0.05) is 12.1 Å². The Morgan fingerprint density at radius 2 is 2.06 bits per heavy atom. The van der Waals surface area contributed by atoms with Gasteiger partial charge >= 0.3 is 5.97 Å². The molecule has 3 N–H and O–H groups in total. The third-order valence-electron chi connectivity index (χ3n) is 2.11. The summed E-state index contributed by atoms with van der Waals surface area (Å²) in [6.45, 7) is 1.84. The van der Waals surface area contributed by atoms with Crippen molar-refractivity contribution in [1.82, 2.24) is 0 Å². The third kappa shape index (κ3) is 3.01. The minimum atomic E-state index is -1.19. The molecule has 0 heterocycles. The first kappa shape index (κ1) is 12.6. The van der Waals surface area contributed by atoms with E-state index >= 15 is 0 Å². The highest BCUT2D eigenvalue weighted by Gasteiger charge is 2.25. The van der Waals surface area contributed by atoms with Crippen LogP contribution in [0.25, 0.3) is 0 Å². The Kier molecular flexibility index (Phi) is 4.39. The minimum Gasteiger partial charge on any atom is -0.465 e. The predicted octanol–water partition coefficient (Wildman–Crippen LogP) is 0.750. The topological polar surface area (TPSA) is 72.5 Å². The van der Waals surface area contributed by atoms with Crippen molar-refractivity contribution >= 4 is 5.97 Å². The van der Waals surface area contributed by atoms with Gasteiger partial charge in [0.15, 0.2) is 0 Å². The Balaban J connectivity index is 2.73. The zero-order chi connectivity index (χ0) is 12.1. The van der Waals surface area contributed by atoms with Crippen molar-refractivity contribution in [3.8, 4) is 0 Å². The molecule has 0 saturated carbocycles. The number of aliphatic hydroxyl groups excluding tert-OH is 1. The van der Waals surface area contributed by atoms with E-state index in [-0.39, 0.29) is 6.61 Å². The van der Waals surface area contributed by atoms with Crippen LogP contribution in [0.2, 0.25) is 0 Å². The summed E-state index contributed by atoms with van der Waals surface area (Å²) in [5, 5.41) is 9.73. The van der Waals surface area contributed by atoms with Gasteiger partial charge in [0, 0.05) is 0 Å². The standard InChI is InChI=1S/C11H14FNO3/c1-2-16-11(15)9(13)10(14)7-3-5-8(12)6-4-7/h3-6,9-10,14H,2,13H2,1H3/t9-,10+/m1/s1. The van der Waals surface area contributed by atoms with Crippen LogP contribution in [-0.4, -0.2) is 23.7 Å². The molecule has 2 atom stereocenters. The average Bonchev–Trinajstić information content (AvgIpc) is 2.28. The summed E-state index contributed by atoms with van der Waals surface area (Å²) >= 11 is 0. The van der Waals surface area contributed by atoms with Gasteiger partial charge in [0.1, 0.15) is 18.0 Å². The molecule has 0 amide bonds. The summed E-state index contributed by atoms with van der Waals surface area (Å²) in [4.78, 5) is 11.2. The Labute approximate surface area is 92.8 Å². The molecule has 0 fully saturated rings. The molecule has 0 spiro atoms. The number of carbonyl (C=O) groups excluding carboxylic acids is 1. The Morgan fingerprint density at radius 1 is 1.50 bits per heavy atom. The second kappa shape index (κ2) is 5.58. The van der Waals surface area contributed by atoms with E-state index in [1.807, 2.05) is 0 Å². The molecular weight excluding hydrogens is 213 g/mol. The van der Waals surface area contributed by atoms with Crippen LogP contribution in [0.3, 0.4) is 0 Å². The van der Waals surface area contributed by atoms with E-state index < -0.39 is 23.9 Å². The maximum Gasteiger partial charge on any atom is 0.325 e. The maximum atomic E-state index is 12.6. The van der Waals surface area contributed by atoms with E-state index in [1.165, 1.54) is 24.3 Å². The van der Waals surface area contributed by atoms with E-state index in [9.17, 15) is 14.3 Å². The lowest BCUT2D eigenvalue weighted by atomic mass is 10.0. The van der Waals surface area contributed by atoms with Crippen molar-refractivity contribution in [2.75, 3.05) is 6.61 Å². The van der Waals surface area contributed by atoms with Crippen LogP contribution in [0.15, 0.2) is 24.3 Å². The molecule has 0 radical (unpaired) electrons. The van der Waals surface area contributed by atoms with Crippen molar-refractivity contribution in [2.45, 2.75) is 19.1 Å². The molecule has 1 aromatic rings. The van der Waals surface area contributed by atoms with Crippen molar-refractivity contribution in [1.29, 1.82) is 0 Å². The first-order valence-corrected chi connectivity index (χ1v) is 4.92. The van der Waals surface area contributed by atoms with Crippen LogP contribution in [0.5, 0.6) is 0 Å². The van der Waals surface area contributed by atoms with E-state index in [0.29, 0.717) is 5.56 Å². The highest BCUT2D eigenvalue weighted by molar-refractivity contribution is 5.76. The first-order chi connectivity index (χ1) is 7.56. The maximum absolute atomic E-state index is 12.6. The number of hydrogen-bond acceptors (Lipinski definition) is 4. The second-order valence-corrected chi connectivity index (χ2v) is 3.27. The summed E-state index contributed by atoms with van der Waals surface area (Å²) in [5.41, 5.74) is 5.88. The van der Waals surface area contributed by atoms with Crippen LogP contribution in [-0.2, 0) is 9.53 Å². The lowest BCUT2D eigenvalue weighted by Crippen LogP contribution is -2.38. The zero-order valence-electron chi connectivity index (χ0n) is 8.89. The Morgan fingerprint density at radius 3 is 2.56 bits per heavy atom. The van der Waals surface area contributed by atoms with Crippen LogP contribution in [0.1, 0.15) is 18.6 Å². The quantitative estimate of drug-likeness (QED) is 0.744. The van der Waals surface area contributed by atoms with Gasteiger partial charge in [-0.15, -0.1) is 0 Å². The second-order valence-electron chi connectivity index (χ2n) is 3.27. The Hall–Kier alpha value is -1.46. The van der Waals surface area contributed by atoms with Crippen LogP contribution in [0.4, 0.5) is 4.39 Å². The fourth-order valence-electron chi connectivity index (χ4n) is 1.23. The normalized spacial score (nSPS) is 14.2. The molecule has 5 heteroatoms. The predicted molar refractivity (Wildman–Crippen MR) is 56.0 cm³/mol. The SMILES string of the molecule is CCOC(=O)[C@H](N)[C@@H](O)c1ccc(F)cc1. The summed E-state index contributed by atoms with van der Waals surface area (Å²) < 4.78 is 17.3. The van der Waals surface area contributed by atoms with E-state index in [2.05, 4.69) is 4.74 Å². The van der Waals surface area contributed by atoms with Gasteiger partial charge < -0.3 is 15.6 Å². The van der Waals surface area contributed by atoms with Crippen molar-refractivity contribution < 1.29 is 19.0 Å². The number of benzene rings is 1. The van der Waals surface area contributed by atoms with Crippen molar-refractivity contribution in [3.63, 3.8) is 0 Å². The molecule has 88 valence electrons. The largest absolute Gasteiger partial charge is 0.465 e. The van der Waals surface area contributed by atoms with Gasteiger partial charge in [-0.25, -0.2) is 4.39 Å². The number of halogens is 1. The lowest BCUT2D eigenvalue weighted by molar-refractivity contribution is -0.147. The smallest absolute Gasteiger partial charge is 0.325 e. The number of esters is 1. The molecule has 4 nitrogen and oxygen atoms in total. The molecule has 1 aromatic carbocycles. The summed E-state index contributed by atoms with van der Waals surface area (Å²) in [5.74, 6) is -1.10. The van der Waals surface area contributed by atoms with Gasteiger partial charge in [0.05, 0.1) is 6.61 Å². The van der Waals surface area contributed by atoms with Crippen molar-refractivity contribution in [3.05, 3.63) is 35.6 Å². The summed E-state index contributed by atoms with van der Waals surface area (Å²) in [6.07, 6.45) is -1.19. The molecule has 0 aliphatic carbocycles. The fourth-order valence-corrected chi connectivity index (χ4v) is 1.23. The van der Waals surface area contributed by atoms with E-state index in [0.717, 1.165) is 0 Å². The highest BCUT2D eigenvalue weighted by Crippen LogP contribution is 2.16. The number of hydrogen-bond donors (Lipinski definition) is 2. The molecule has 0 aromatic heterocycles. The van der Waals surface area contributed by atoms with Crippen LogP contribution in [0, 0.1) is 5.82 Å². The average molecular weight is 227 g/mol. The monoisotopic (exact) mass is 227 g/mol. The van der Waals surface area contributed by atoms with Crippen LogP contribution >= 0.6 is 0 Å². The molecular formula is C11H14FNO3. The van der Waals surface area contributed by atoms with Gasteiger partial charge in [0.2, 0.25) is 0 Å². The molecule has 0 bridgehead atoms. The highest BCUT2D eigenvalue weighted by atomic mass is 19.1. The zero-order valence-corrected chi connectivity index (χ0v) is 8.89. The number of nitrogens with two attached hydrogens (primary N) is 1. The fraction of sp³-hybridized carbons (Fsp3) is 0.364. The molecule has 1 rings (SSSR count). The molecule has 16 heavy (non-hydrogen) atoms. The van der Waals surface area contributed by atoms with Crippen molar-refractivity contribution in [2.24, 2.45) is 5.73 Å². The van der Waals surface area contributed by atoms with Gasteiger partial charge in [-0.2, -0.15) is 0 Å². The van der Waals surface area contributed by atoms with Gasteiger partial charge in [-0.3, -0.25) is 4.79 Å². The number of aliphatic hydroxyl groups is 1. The van der Waals surface area contributed by atoms with Gasteiger partial charge in [-0.05, 0) is 24.6 Å². The number of rotatable bonds is 4. The van der Waals surface area contributed by atoms with E-state index in [1.54, 1.807) is 6.92 Å². The van der Waals surface area contributed by atoms with Gasteiger partial charge in [0.25, 0.3) is 0 Å². The van der Waals surface area contributed by atoms with Crippen LogP contribution < -0.4 is 5.73 Å². The Bertz CT molecular complexity index is 353. The third-order valence-corrected chi connectivity index (χ3v) is 2.11. The number of carbonyl (C=O) groups is 1. The molecule has 0 unspecified atom stereocenters. The lowest BCUT2D eigenvalue weighted by Gasteiger charge is -2.17. The van der Waals surface area contributed by atoms with E-state index in [4.69, 9.17) is 5.73 Å². The minimum absolute atomic E-state index is 0.197. The summed E-state index contributed by atoms with van der Waals surface area (Å²) in [7, 11) is 0. The number of ether oxygens (including phenoxy) is 1. The molecule has 0 aliphatic rings. The first-order valence-electron chi connectivity index (χ1n) is 4.92. The molecule has 0 saturated heterocycles.